The average molecular weight is 128 g/mol. The van der Waals surface area contributed by atoms with Gasteiger partial charge < -0.3 is 9.47 Å². The summed E-state index contributed by atoms with van der Waals surface area (Å²) < 4.78 is 10.5. The summed E-state index contributed by atoms with van der Waals surface area (Å²) in [6, 6.07) is 0. The second kappa shape index (κ2) is 2.99. The first kappa shape index (κ1) is 6.78. The molecule has 1 fully saturated rings. The van der Waals surface area contributed by atoms with Crippen molar-refractivity contribution in [3.05, 3.63) is 12.2 Å². The van der Waals surface area contributed by atoms with E-state index in [0.29, 0.717) is 0 Å². The minimum atomic E-state index is -0.0926. The van der Waals surface area contributed by atoms with Crippen molar-refractivity contribution >= 4 is 0 Å². The Bertz CT molecular complexity index is 109. The van der Waals surface area contributed by atoms with E-state index in [1.807, 2.05) is 26.0 Å². The Balaban J connectivity index is 2.30. The molecule has 0 bridgehead atoms. The van der Waals surface area contributed by atoms with Gasteiger partial charge in [0.05, 0.1) is 12.7 Å². The van der Waals surface area contributed by atoms with E-state index >= 15 is 0 Å². The van der Waals surface area contributed by atoms with Gasteiger partial charge in [-0.1, -0.05) is 6.08 Å². The van der Waals surface area contributed by atoms with Crippen LogP contribution < -0.4 is 0 Å². The zero-order valence-corrected chi connectivity index (χ0v) is 5.83. The molecule has 1 aliphatic heterocycles. The number of rotatable bonds is 1. The normalized spacial score (nSPS) is 36.2. The fourth-order valence-corrected chi connectivity index (χ4v) is 0.796. The van der Waals surface area contributed by atoms with Crippen LogP contribution in [0, 0.1) is 0 Å². The zero-order chi connectivity index (χ0) is 6.69. The molecule has 0 spiro atoms. The fourth-order valence-electron chi connectivity index (χ4n) is 0.796. The van der Waals surface area contributed by atoms with Crippen LogP contribution in [0.1, 0.15) is 13.8 Å². The Morgan fingerprint density at radius 2 is 2.33 bits per heavy atom. The quantitative estimate of drug-likeness (QED) is 0.496. The standard InChI is InChI=1S/C7H12O2/c1-3-4-7-8-5-6(2)9-7/h3-4,6-7H,5H2,1-2H3/b4-3+/t6-,7-/m0/s1. The maximum atomic E-state index is 5.29. The third-order valence-electron chi connectivity index (χ3n) is 1.21. The molecule has 0 amide bonds. The van der Waals surface area contributed by atoms with Gasteiger partial charge in [0.2, 0.25) is 0 Å². The molecule has 2 atom stereocenters. The third kappa shape index (κ3) is 1.80. The van der Waals surface area contributed by atoms with Crippen LogP contribution in [0.2, 0.25) is 0 Å². The van der Waals surface area contributed by atoms with Crippen LogP contribution in [0.15, 0.2) is 12.2 Å². The molecule has 1 saturated heterocycles. The molecule has 9 heavy (non-hydrogen) atoms. The van der Waals surface area contributed by atoms with Gasteiger partial charge in [0.25, 0.3) is 0 Å². The van der Waals surface area contributed by atoms with Crippen LogP contribution in [0.3, 0.4) is 0 Å². The van der Waals surface area contributed by atoms with Gasteiger partial charge in [-0.3, -0.25) is 0 Å². The van der Waals surface area contributed by atoms with Crippen LogP contribution in [-0.2, 0) is 9.47 Å². The van der Waals surface area contributed by atoms with Gasteiger partial charge in [0.15, 0.2) is 6.29 Å². The van der Waals surface area contributed by atoms with E-state index in [1.54, 1.807) is 0 Å². The van der Waals surface area contributed by atoms with E-state index in [1.165, 1.54) is 0 Å². The van der Waals surface area contributed by atoms with Crippen molar-refractivity contribution in [3.8, 4) is 0 Å². The predicted molar refractivity (Wildman–Crippen MR) is 35.1 cm³/mol. The van der Waals surface area contributed by atoms with Gasteiger partial charge in [0, 0.05) is 0 Å². The Morgan fingerprint density at radius 1 is 1.56 bits per heavy atom. The molecule has 0 aliphatic carbocycles. The lowest BCUT2D eigenvalue weighted by Crippen LogP contribution is -2.05. The summed E-state index contributed by atoms with van der Waals surface area (Å²) in [6.45, 7) is 4.67. The molecule has 0 radical (unpaired) electrons. The highest BCUT2D eigenvalue weighted by Gasteiger charge is 2.18. The van der Waals surface area contributed by atoms with Crippen molar-refractivity contribution in [2.75, 3.05) is 6.61 Å². The topological polar surface area (TPSA) is 18.5 Å². The second-order valence-electron chi connectivity index (χ2n) is 2.17. The molecule has 1 heterocycles. The lowest BCUT2D eigenvalue weighted by atomic mass is 10.5. The van der Waals surface area contributed by atoms with Crippen LogP contribution >= 0.6 is 0 Å². The Labute approximate surface area is 55.5 Å². The summed E-state index contributed by atoms with van der Waals surface area (Å²) >= 11 is 0. The van der Waals surface area contributed by atoms with Crippen molar-refractivity contribution in [2.45, 2.75) is 26.2 Å². The van der Waals surface area contributed by atoms with Crippen LogP contribution in [0.25, 0.3) is 0 Å². The molecule has 1 aliphatic rings. The third-order valence-corrected chi connectivity index (χ3v) is 1.21. The van der Waals surface area contributed by atoms with Gasteiger partial charge in [-0.25, -0.2) is 0 Å². The molecule has 52 valence electrons. The van der Waals surface area contributed by atoms with Crippen LogP contribution in [0.4, 0.5) is 0 Å². The van der Waals surface area contributed by atoms with E-state index < -0.39 is 0 Å². The molecule has 0 aromatic carbocycles. The highest BCUT2D eigenvalue weighted by molar-refractivity contribution is 4.83. The van der Waals surface area contributed by atoms with Crippen molar-refractivity contribution < 1.29 is 9.47 Å². The maximum absolute atomic E-state index is 5.29. The molecule has 0 N–H and O–H groups in total. The van der Waals surface area contributed by atoms with Gasteiger partial charge in [0.1, 0.15) is 0 Å². The number of hydrogen-bond donors (Lipinski definition) is 0. The van der Waals surface area contributed by atoms with Gasteiger partial charge in [-0.05, 0) is 19.9 Å². The SMILES string of the molecule is C/C=C/[C@H]1OC[C@H](C)O1. The minimum absolute atomic E-state index is 0.0926. The average Bonchev–Trinajstić information content (AvgIpc) is 2.17. The van der Waals surface area contributed by atoms with Gasteiger partial charge in [-0.15, -0.1) is 0 Å². The molecule has 0 saturated carbocycles. The zero-order valence-electron chi connectivity index (χ0n) is 5.83. The Hall–Kier alpha value is -0.340. The largest absolute Gasteiger partial charge is 0.346 e. The molecule has 2 nitrogen and oxygen atoms in total. The summed E-state index contributed by atoms with van der Waals surface area (Å²) in [4.78, 5) is 0. The molecule has 0 unspecified atom stereocenters. The first-order chi connectivity index (χ1) is 4.33. The lowest BCUT2D eigenvalue weighted by Gasteiger charge is -2.01. The number of allylic oxidation sites excluding steroid dienone is 1. The first-order valence-corrected chi connectivity index (χ1v) is 3.23. The summed E-state index contributed by atoms with van der Waals surface area (Å²) in [6.07, 6.45) is 4.00. The smallest absolute Gasteiger partial charge is 0.177 e. The van der Waals surface area contributed by atoms with E-state index in [9.17, 15) is 0 Å². The van der Waals surface area contributed by atoms with Gasteiger partial charge in [-0.2, -0.15) is 0 Å². The van der Waals surface area contributed by atoms with Crippen LogP contribution in [-0.4, -0.2) is 19.0 Å². The number of ether oxygens (including phenoxy) is 2. The fraction of sp³-hybridized carbons (Fsp3) is 0.714. The molecule has 0 aromatic heterocycles. The minimum Gasteiger partial charge on any atom is -0.346 e. The van der Waals surface area contributed by atoms with Crippen LogP contribution in [0.5, 0.6) is 0 Å². The Morgan fingerprint density at radius 3 is 2.78 bits per heavy atom. The van der Waals surface area contributed by atoms with Crippen molar-refractivity contribution in [2.24, 2.45) is 0 Å². The monoisotopic (exact) mass is 128 g/mol. The molecule has 0 aromatic rings. The van der Waals surface area contributed by atoms with E-state index in [2.05, 4.69) is 0 Å². The van der Waals surface area contributed by atoms with E-state index in [0.717, 1.165) is 6.61 Å². The Kier molecular flexibility index (Phi) is 2.25. The molecule has 2 heteroatoms. The second-order valence-corrected chi connectivity index (χ2v) is 2.17. The molecular formula is C7H12O2. The number of hydrogen-bond acceptors (Lipinski definition) is 2. The molecule has 1 rings (SSSR count). The summed E-state index contributed by atoms with van der Waals surface area (Å²) in [5.41, 5.74) is 0. The van der Waals surface area contributed by atoms with E-state index in [-0.39, 0.29) is 12.4 Å². The summed E-state index contributed by atoms with van der Waals surface area (Å²) in [7, 11) is 0. The van der Waals surface area contributed by atoms with Gasteiger partial charge >= 0.3 is 0 Å². The summed E-state index contributed by atoms with van der Waals surface area (Å²) in [5.74, 6) is 0. The highest BCUT2D eigenvalue weighted by Crippen LogP contribution is 2.10. The van der Waals surface area contributed by atoms with Crippen molar-refractivity contribution in [1.29, 1.82) is 0 Å². The summed E-state index contributed by atoms with van der Waals surface area (Å²) in [5, 5.41) is 0. The molecular weight excluding hydrogens is 116 g/mol. The van der Waals surface area contributed by atoms with E-state index in [4.69, 9.17) is 9.47 Å². The maximum Gasteiger partial charge on any atom is 0.177 e. The highest BCUT2D eigenvalue weighted by atomic mass is 16.7. The predicted octanol–water partition coefficient (Wildman–Crippen LogP) is 1.32. The van der Waals surface area contributed by atoms with Crippen molar-refractivity contribution in [1.82, 2.24) is 0 Å². The lowest BCUT2D eigenvalue weighted by molar-refractivity contribution is -0.0161. The van der Waals surface area contributed by atoms with Crippen molar-refractivity contribution in [3.63, 3.8) is 0 Å². The first-order valence-electron chi connectivity index (χ1n) is 3.23.